The standard InChI is InChI=1S/C9H12NO6P.C7H6O2/c10-8(9(11)12)5-6-1-3-7(4-2-6)16-17(13,14)15;8-7(9)6-4-2-1-3-5-6/h1-4,8H,5,10H2,(H,11,12)(H2,13,14,15);1-5H,(H,8,9)/t8-;/m0./s1. The van der Waals surface area contributed by atoms with Gasteiger partial charge in [0.15, 0.2) is 0 Å². The van der Waals surface area contributed by atoms with Crippen molar-refractivity contribution < 1.29 is 38.7 Å². The van der Waals surface area contributed by atoms with Crippen LogP contribution in [0.3, 0.4) is 0 Å². The molecular formula is C16H18NO8P. The van der Waals surface area contributed by atoms with Crippen LogP contribution >= 0.6 is 7.82 Å². The summed E-state index contributed by atoms with van der Waals surface area (Å²) in [5, 5.41) is 17.0. The second kappa shape index (κ2) is 9.69. The lowest BCUT2D eigenvalue weighted by Gasteiger charge is -2.09. The van der Waals surface area contributed by atoms with E-state index in [4.69, 9.17) is 25.7 Å². The number of phosphoric ester groups is 1. The van der Waals surface area contributed by atoms with Gasteiger partial charge in [0.1, 0.15) is 11.8 Å². The lowest BCUT2D eigenvalue weighted by Crippen LogP contribution is -2.32. The minimum atomic E-state index is -4.56. The molecule has 0 bridgehead atoms. The number of aromatic carboxylic acids is 1. The van der Waals surface area contributed by atoms with Crippen molar-refractivity contribution in [3.8, 4) is 5.75 Å². The predicted octanol–water partition coefficient (Wildman–Crippen LogP) is 1.50. The third-order valence-electron chi connectivity index (χ3n) is 2.94. The van der Waals surface area contributed by atoms with E-state index in [-0.39, 0.29) is 12.2 Å². The summed E-state index contributed by atoms with van der Waals surface area (Å²) < 4.78 is 14.9. The molecule has 0 aliphatic rings. The Balaban J connectivity index is 0.000000314. The Kier molecular flexibility index (Phi) is 7.95. The minimum Gasteiger partial charge on any atom is -0.480 e. The molecule has 0 saturated heterocycles. The van der Waals surface area contributed by atoms with Crippen LogP contribution in [-0.4, -0.2) is 38.0 Å². The molecule has 0 aliphatic heterocycles. The van der Waals surface area contributed by atoms with Crippen molar-refractivity contribution in [2.45, 2.75) is 12.5 Å². The van der Waals surface area contributed by atoms with E-state index < -0.39 is 25.8 Å². The van der Waals surface area contributed by atoms with Crippen LogP contribution < -0.4 is 10.3 Å². The first-order valence-corrected chi connectivity index (χ1v) is 8.72. The Morgan fingerprint density at radius 3 is 1.92 bits per heavy atom. The van der Waals surface area contributed by atoms with Crippen LogP contribution in [0.25, 0.3) is 0 Å². The highest BCUT2D eigenvalue weighted by Crippen LogP contribution is 2.37. The van der Waals surface area contributed by atoms with Crippen molar-refractivity contribution in [3.05, 3.63) is 65.7 Å². The van der Waals surface area contributed by atoms with Gasteiger partial charge in [-0.15, -0.1) is 0 Å². The van der Waals surface area contributed by atoms with Crippen LogP contribution in [0.2, 0.25) is 0 Å². The van der Waals surface area contributed by atoms with Crippen molar-refractivity contribution in [1.29, 1.82) is 0 Å². The van der Waals surface area contributed by atoms with E-state index in [0.717, 1.165) is 0 Å². The summed E-state index contributed by atoms with van der Waals surface area (Å²) in [6.07, 6.45) is 0.130. The van der Waals surface area contributed by atoms with Crippen LogP contribution in [0.1, 0.15) is 15.9 Å². The van der Waals surface area contributed by atoms with Gasteiger partial charge in [0, 0.05) is 0 Å². The Morgan fingerprint density at radius 2 is 1.54 bits per heavy atom. The maximum atomic E-state index is 10.5. The summed E-state index contributed by atoms with van der Waals surface area (Å²) in [4.78, 5) is 37.8. The Labute approximate surface area is 148 Å². The molecule has 0 heterocycles. The zero-order chi connectivity index (χ0) is 19.7. The smallest absolute Gasteiger partial charge is 0.480 e. The topological polar surface area (TPSA) is 167 Å². The normalized spacial score (nSPS) is 11.7. The van der Waals surface area contributed by atoms with E-state index >= 15 is 0 Å². The van der Waals surface area contributed by atoms with Crippen LogP contribution in [0.15, 0.2) is 54.6 Å². The molecule has 2 aromatic rings. The van der Waals surface area contributed by atoms with Crippen molar-refractivity contribution in [2.75, 3.05) is 0 Å². The first kappa shape index (κ1) is 21.3. The summed E-state index contributed by atoms with van der Waals surface area (Å²) in [5.41, 5.74) is 6.30. The molecule has 26 heavy (non-hydrogen) atoms. The molecule has 0 unspecified atom stereocenters. The number of phosphoric acid groups is 1. The van der Waals surface area contributed by atoms with Crippen LogP contribution in [0.4, 0.5) is 0 Å². The maximum absolute atomic E-state index is 10.5. The third kappa shape index (κ3) is 8.41. The summed E-state index contributed by atoms with van der Waals surface area (Å²) in [7, 11) is -4.56. The second-order valence-electron chi connectivity index (χ2n) is 5.05. The highest BCUT2D eigenvalue weighted by Gasteiger charge is 2.16. The molecule has 10 heteroatoms. The van der Waals surface area contributed by atoms with Gasteiger partial charge in [-0.05, 0) is 36.2 Å². The number of hydrogen-bond donors (Lipinski definition) is 5. The number of aliphatic carboxylic acids is 1. The second-order valence-corrected chi connectivity index (χ2v) is 6.21. The Morgan fingerprint density at radius 1 is 1.00 bits per heavy atom. The lowest BCUT2D eigenvalue weighted by molar-refractivity contribution is -0.138. The highest BCUT2D eigenvalue weighted by molar-refractivity contribution is 7.46. The molecule has 6 N–H and O–H groups in total. The number of carboxylic acid groups (broad SMARTS) is 2. The molecule has 9 nitrogen and oxygen atoms in total. The van der Waals surface area contributed by atoms with E-state index in [1.807, 2.05) is 0 Å². The van der Waals surface area contributed by atoms with E-state index in [2.05, 4.69) is 4.52 Å². The first-order valence-electron chi connectivity index (χ1n) is 7.19. The van der Waals surface area contributed by atoms with Gasteiger partial charge in [-0.2, -0.15) is 0 Å². The molecule has 0 spiro atoms. The number of hydrogen-bond acceptors (Lipinski definition) is 5. The molecule has 0 saturated carbocycles. The quantitative estimate of drug-likeness (QED) is 0.464. The SMILES string of the molecule is N[C@@H](Cc1ccc(OP(=O)(O)O)cc1)C(=O)O.O=C(O)c1ccccc1. The maximum Gasteiger partial charge on any atom is 0.524 e. The largest absolute Gasteiger partial charge is 0.524 e. The Bertz CT molecular complexity index is 773. The van der Waals surface area contributed by atoms with E-state index in [1.165, 1.54) is 24.3 Å². The number of carboxylic acids is 2. The molecule has 2 rings (SSSR count). The van der Waals surface area contributed by atoms with Gasteiger partial charge in [0.05, 0.1) is 5.56 Å². The van der Waals surface area contributed by atoms with E-state index in [0.29, 0.717) is 11.1 Å². The first-order chi connectivity index (χ1) is 12.1. The number of nitrogens with two attached hydrogens (primary N) is 1. The zero-order valence-corrected chi connectivity index (χ0v) is 14.3. The third-order valence-corrected chi connectivity index (χ3v) is 3.39. The number of rotatable bonds is 6. The van der Waals surface area contributed by atoms with Gasteiger partial charge in [-0.1, -0.05) is 30.3 Å². The van der Waals surface area contributed by atoms with Crippen LogP contribution in [-0.2, 0) is 15.8 Å². The molecule has 0 fully saturated rings. The molecule has 140 valence electrons. The van der Waals surface area contributed by atoms with Gasteiger partial charge in [-0.3, -0.25) is 14.6 Å². The van der Waals surface area contributed by atoms with Crippen LogP contribution in [0.5, 0.6) is 5.75 Å². The van der Waals surface area contributed by atoms with Gasteiger partial charge in [0.2, 0.25) is 0 Å². The fourth-order valence-electron chi connectivity index (χ4n) is 1.75. The number of benzene rings is 2. The average Bonchev–Trinajstić information content (AvgIpc) is 2.56. The fourth-order valence-corrected chi connectivity index (χ4v) is 2.14. The molecule has 0 radical (unpaired) electrons. The van der Waals surface area contributed by atoms with Crippen molar-refractivity contribution in [2.24, 2.45) is 5.73 Å². The summed E-state index contributed by atoms with van der Waals surface area (Å²) in [5.74, 6) is -1.98. The summed E-state index contributed by atoms with van der Waals surface area (Å²) in [6.45, 7) is 0. The van der Waals surface area contributed by atoms with Gasteiger partial charge in [-0.25, -0.2) is 9.36 Å². The molecule has 0 aromatic heterocycles. The fraction of sp³-hybridized carbons (Fsp3) is 0.125. The molecular weight excluding hydrogens is 365 g/mol. The van der Waals surface area contributed by atoms with Crippen molar-refractivity contribution in [1.82, 2.24) is 0 Å². The van der Waals surface area contributed by atoms with E-state index in [9.17, 15) is 14.2 Å². The molecule has 0 amide bonds. The lowest BCUT2D eigenvalue weighted by atomic mass is 10.1. The van der Waals surface area contributed by atoms with Gasteiger partial charge < -0.3 is 20.5 Å². The van der Waals surface area contributed by atoms with Crippen molar-refractivity contribution in [3.63, 3.8) is 0 Å². The monoisotopic (exact) mass is 383 g/mol. The predicted molar refractivity (Wildman–Crippen MR) is 91.8 cm³/mol. The van der Waals surface area contributed by atoms with Gasteiger partial charge in [0.25, 0.3) is 0 Å². The van der Waals surface area contributed by atoms with E-state index in [1.54, 1.807) is 30.3 Å². The van der Waals surface area contributed by atoms with Crippen molar-refractivity contribution >= 4 is 19.8 Å². The Hall–Kier alpha value is -2.71. The number of carbonyl (C=O) groups is 2. The summed E-state index contributed by atoms with van der Waals surface area (Å²) >= 11 is 0. The zero-order valence-electron chi connectivity index (χ0n) is 13.4. The summed E-state index contributed by atoms with van der Waals surface area (Å²) in [6, 6.07) is 12.9. The molecule has 1 atom stereocenters. The van der Waals surface area contributed by atoms with Crippen LogP contribution in [0, 0.1) is 0 Å². The molecule has 2 aromatic carbocycles. The highest BCUT2D eigenvalue weighted by atomic mass is 31.2. The average molecular weight is 383 g/mol. The minimum absolute atomic E-state index is 0.00554. The van der Waals surface area contributed by atoms with Gasteiger partial charge >= 0.3 is 19.8 Å². The molecule has 0 aliphatic carbocycles.